The van der Waals surface area contributed by atoms with Gasteiger partial charge < -0.3 is 5.32 Å². The summed E-state index contributed by atoms with van der Waals surface area (Å²) in [4.78, 5) is 5.48. The van der Waals surface area contributed by atoms with Crippen LogP contribution in [0.3, 0.4) is 0 Å². The van der Waals surface area contributed by atoms with E-state index in [4.69, 9.17) is 0 Å². The first-order valence-electron chi connectivity index (χ1n) is 7.25. The molecule has 0 radical (unpaired) electrons. The van der Waals surface area contributed by atoms with E-state index in [-0.39, 0.29) is 0 Å². The first-order chi connectivity index (χ1) is 9.74. The van der Waals surface area contributed by atoms with Crippen LogP contribution in [0.4, 0.5) is 0 Å². The summed E-state index contributed by atoms with van der Waals surface area (Å²) in [6.07, 6.45) is 4.98. The van der Waals surface area contributed by atoms with E-state index in [2.05, 4.69) is 52.7 Å². The van der Waals surface area contributed by atoms with Gasteiger partial charge in [-0.2, -0.15) is 0 Å². The van der Waals surface area contributed by atoms with Crippen molar-refractivity contribution >= 4 is 22.7 Å². The van der Waals surface area contributed by atoms with Crippen LogP contribution in [0.1, 0.15) is 20.3 Å². The van der Waals surface area contributed by atoms with Crippen molar-refractivity contribution < 1.29 is 0 Å². The second-order valence-corrected chi connectivity index (χ2v) is 6.60. The molecule has 1 aromatic heterocycles. The summed E-state index contributed by atoms with van der Waals surface area (Å²) in [5, 5.41) is 5.98. The number of nitrogens with zero attached hydrogens (tertiary/aromatic N) is 2. The summed E-state index contributed by atoms with van der Waals surface area (Å²) >= 11 is 1.88. The molecule has 0 unspecified atom stereocenters. The van der Waals surface area contributed by atoms with Crippen LogP contribution >= 0.6 is 11.9 Å². The maximum Gasteiger partial charge on any atom is 0.0346 e. The summed E-state index contributed by atoms with van der Waals surface area (Å²) in [6.45, 7) is 6.80. The lowest BCUT2D eigenvalue weighted by Gasteiger charge is -2.30. The van der Waals surface area contributed by atoms with Crippen LogP contribution in [0.5, 0.6) is 0 Å². The van der Waals surface area contributed by atoms with Crippen LogP contribution in [0.15, 0.2) is 41.6 Å². The topological polar surface area (TPSA) is 28.2 Å². The Labute approximate surface area is 124 Å². The van der Waals surface area contributed by atoms with Crippen molar-refractivity contribution in [2.75, 3.05) is 13.1 Å². The summed E-state index contributed by atoms with van der Waals surface area (Å²) in [6, 6.07) is 9.85. The van der Waals surface area contributed by atoms with Crippen molar-refractivity contribution in [2.45, 2.75) is 37.2 Å². The van der Waals surface area contributed by atoms with Gasteiger partial charge in [0.1, 0.15) is 0 Å². The molecule has 1 fully saturated rings. The standard InChI is InChI=1S/C16H21N3S/c1-12-5-7-17-10-13(2)19(12)20-16-4-3-15-11-18-8-6-14(15)9-16/h3-4,6,8-9,11-13,17H,5,7,10H2,1-2H3/t12-,13+/m1/s1. The highest BCUT2D eigenvalue weighted by atomic mass is 32.2. The Hall–Kier alpha value is -1.10. The van der Waals surface area contributed by atoms with Gasteiger partial charge in [-0.3, -0.25) is 4.98 Å². The fraction of sp³-hybridized carbons (Fsp3) is 0.438. The maximum absolute atomic E-state index is 4.17. The van der Waals surface area contributed by atoms with Crippen molar-refractivity contribution in [1.82, 2.24) is 14.6 Å². The second-order valence-electron chi connectivity index (χ2n) is 5.53. The van der Waals surface area contributed by atoms with Crippen molar-refractivity contribution in [2.24, 2.45) is 0 Å². The van der Waals surface area contributed by atoms with Gasteiger partial charge in [0, 0.05) is 41.3 Å². The highest BCUT2D eigenvalue weighted by molar-refractivity contribution is 7.97. The van der Waals surface area contributed by atoms with Crippen LogP contribution in [0.2, 0.25) is 0 Å². The van der Waals surface area contributed by atoms with Crippen molar-refractivity contribution in [3.8, 4) is 0 Å². The molecular weight excluding hydrogens is 266 g/mol. The van der Waals surface area contributed by atoms with E-state index in [0.717, 1.165) is 13.1 Å². The van der Waals surface area contributed by atoms with Gasteiger partial charge in [-0.15, -0.1) is 0 Å². The zero-order chi connectivity index (χ0) is 13.9. The number of aromatic nitrogens is 1. The van der Waals surface area contributed by atoms with Gasteiger partial charge in [-0.1, -0.05) is 6.07 Å². The molecular formula is C16H21N3S. The lowest BCUT2D eigenvalue weighted by molar-refractivity contribution is 0.317. The number of nitrogens with one attached hydrogen (secondary N) is 1. The molecule has 20 heavy (non-hydrogen) atoms. The van der Waals surface area contributed by atoms with Crippen molar-refractivity contribution in [3.63, 3.8) is 0 Å². The third-order valence-electron chi connectivity index (χ3n) is 3.87. The normalized spacial score (nSPS) is 24.7. The van der Waals surface area contributed by atoms with Gasteiger partial charge in [-0.05, 0) is 62.3 Å². The molecule has 0 aliphatic carbocycles. The maximum atomic E-state index is 4.17. The largest absolute Gasteiger partial charge is 0.315 e. The van der Waals surface area contributed by atoms with Gasteiger partial charge in [0.25, 0.3) is 0 Å². The molecule has 0 saturated carbocycles. The van der Waals surface area contributed by atoms with Crippen LogP contribution < -0.4 is 5.32 Å². The Morgan fingerprint density at radius 1 is 1.20 bits per heavy atom. The number of pyridine rings is 1. The molecule has 1 aliphatic heterocycles. The molecule has 1 aliphatic rings. The van der Waals surface area contributed by atoms with Crippen LogP contribution in [-0.4, -0.2) is 34.5 Å². The molecule has 1 saturated heterocycles. The SMILES string of the molecule is C[C@@H]1CCNC[C@H](C)N1Sc1ccc2cnccc2c1. The quantitative estimate of drug-likeness (QED) is 0.858. The fourth-order valence-electron chi connectivity index (χ4n) is 2.69. The molecule has 3 rings (SSSR count). The number of hydrogen-bond acceptors (Lipinski definition) is 4. The molecule has 2 atom stereocenters. The monoisotopic (exact) mass is 287 g/mol. The third kappa shape index (κ3) is 2.97. The number of fused-ring (bicyclic) bond motifs is 1. The minimum atomic E-state index is 0.547. The average molecular weight is 287 g/mol. The summed E-state index contributed by atoms with van der Waals surface area (Å²) < 4.78 is 2.53. The Bertz CT molecular complexity index is 575. The molecule has 3 nitrogen and oxygen atoms in total. The van der Waals surface area contributed by atoms with E-state index < -0.39 is 0 Å². The van der Waals surface area contributed by atoms with E-state index in [0.29, 0.717) is 12.1 Å². The molecule has 0 amide bonds. The van der Waals surface area contributed by atoms with E-state index >= 15 is 0 Å². The first-order valence-corrected chi connectivity index (χ1v) is 8.02. The highest BCUT2D eigenvalue weighted by Gasteiger charge is 2.23. The zero-order valence-corrected chi connectivity index (χ0v) is 12.9. The van der Waals surface area contributed by atoms with Crippen molar-refractivity contribution in [3.05, 3.63) is 36.7 Å². The lowest BCUT2D eigenvalue weighted by Crippen LogP contribution is -2.36. The van der Waals surface area contributed by atoms with Crippen LogP contribution in [-0.2, 0) is 0 Å². The van der Waals surface area contributed by atoms with Gasteiger partial charge in [0.2, 0.25) is 0 Å². The molecule has 1 N–H and O–H groups in total. The molecule has 106 valence electrons. The third-order valence-corrected chi connectivity index (χ3v) is 5.27. The van der Waals surface area contributed by atoms with E-state index in [1.807, 2.05) is 24.3 Å². The number of hydrogen-bond donors (Lipinski definition) is 1. The number of benzene rings is 1. The van der Waals surface area contributed by atoms with Crippen LogP contribution in [0.25, 0.3) is 10.8 Å². The molecule has 1 aromatic carbocycles. The first kappa shape index (κ1) is 13.9. The zero-order valence-electron chi connectivity index (χ0n) is 12.0. The Morgan fingerprint density at radius 2 is 2.10 bits per heavy atom. The van der Waals surface area contributed by atoms with Gasteiger partial charge in [0.05, 0.1) is 0 Å². The van der Waals surface area contributed by atoms with Crippen molar-refractivity contribution in [1.29, 1.82) is 0 Å². The van der Waals surface area contributed by atoms with Gasteiger partial charge in [0.15, 0.2) is 0 Å². The van der Waals surface area contributed by atoms with Crippen LogP contribution in [0, 0.1) is 0 Å². The molecule has 0 spiro atoms. The smallest absolute Gasteiger partial charge is 0.0346 e. The Morgan fingerprint density at radius 3 is 3.00 bits per heavy atom. The van der Waals surface area contributed by atoms with Gasteiger partial charge >= 0.3 is 0 Å². The van der Waals surface area contributed by atoms with E-state index in [1.165, 1.54) is 22.1 Å². The molecule has 2 aromatic rings. The highest BCUT2D eigenvalue weighted by Crippen LogP contribution is 2.31. The van der Waals surface area contributed by atoms with E-state index in [1.54, 1.807) is 0 Å². The predicted octanol–water partition coefficient (Wildman–Crippen LogP) is 3.31. The fourth-order valence-corrected chi connectivity index (χ4v) is 3.79. The minimum Gasteiger partial charge on any atom is -0.315 e. The summed E-state index contributed by atoms with van der Waals surface area (Å²) in [7, 11) is 0. The second kappa shape index (κ2) is 6.12. The Balaban J connectivity index is 1.83. The summed E-state index contributed by atoms with van der Waals surface area (Å²) in [5.74, 6) is 0. The molecule has 0 bridgehead atoms. The lowest BCUT2D eigenvalue weighted by atomic mass is 10.2. The molecule has 4 heteroatoms. The number of rotatable bonds is 2. The Kier molecular flexibility index (Phi) is 4.24. The predicted molar refractivity (Wildman–Crippen MR) is 85.8 cm³/mol. The minimum absolute atomic E-state index is 0.547. The van der Waals surface area contributed by atoms with Gasteiger partial charge in [-0.25, -0.2) is 4.31 Å². The molecule has 2 heterocycles. The summed E-state index contributed by atoms with van der Waals surface area (Å²) in [5.41, 5.74) is 0. The average Bonchev–Trinajstić information content (AvgIpc) is 2.62. The van der Waals surface area contributed by atoms with E-state index in [9.17, 15) is 0 Å².